The highest BCUT2D eigenvalue weighted by atomic mass is 32.2. The van der Waals surface area contributed by atoms with Crippen LogP contribution in [0.2, 0.25) is 0 Å². The zero-order chi connectivity index (χ0) is 22.2. The molecular formula is C21H23N3O6S. The molecule has 164 valence electrons. The first-order valence-corrected chi connectivity index (χ1v) is 10.2. The molecule has 0 spiro atoms. The van der Waals surface area contributed by atoms with Crippen LogP contribution in [0.5, 0.6) is 23.0 Å². The normalized spacial score (nSPS) is 10.5. The van der Waals surface area contributed by atoms with E-state index in [4.69, 9.17) is 23.4 Å². The number of carbonyl (C=O) groups excluding carboxylic acids is 1. The molecule has 0 fully saturated rings. The van der Waals surface area contributed by atoms with Crippen molar-refractivity contribution in [3.63, 3.8) is 0 Å². The number of hydrogen-bond donors (Lipinski definition) is 1. The van der Waals surface area contributed by atoms with E-state index in [0.29, 0.717) is 29.4 Å². The fourth-order valence-electron chi connectivity index (χ4n) is 2.75. The molecule has 10 heteroatoms. The van der Waals surface area contributed by atoms with Crippen LogP contribution in [-0.4, -0.2) is 50.3 Å². The first-order chi connectivity index (χ1) is 15.1. The fourth-order valence-corrected chi connectivity index (χ4v) is 3.34. The largest absolute Gasteiger partial charge is 0.497 e. The molecule has 0 radical (unpaired) electrons. The predicted molar refractivity (Wildman–Crippen MR) is 115 cm³/mol. The molecule has 3 aromatic rings. The van der Waals surface area contributed by atoms with Crippen LogP contribution in [0.3, 0.4) is 0 Å². The summed E-state index contributed by atoms with van der Waals surface area (Å²) >= 11 is 1.15. The van der Waals surface area contributed by atoms with Crippen LogP contribution in [0.1, 0.15) is 5.56 Å². The number of hydrogen-bond acceptors (Lipinski definition) is 9. The number of carbonyl (C=O) groups is 1. The lowest BCUT2D eigenvalue weighted by molar-refractivity contribution is -0.118. The van der Waals surface area contributed by atoms with Crippen molar-refractivity contribution in [3.05, 3.63) is 42.0 Å². The van der Waals surface area contributed by atoms with Gasteiger partial charge < -0.3 is 28.7 Å². The Morgan fingerprint density at radius 1 is 1.00 bits per heavy atom. The van der Waals surface area contributed by atoms with Crippen LogP contribution in [0.25, 0.3) is 11.5 Å². The topological polar surface area (TPSA) is 105 Å². The summed E-state index contributed by atoms with van der Waals surface area (Å²) in [6.07, 6.45) is 0. The first kappa shape index (κ1) is 22.3. The molecule has 0 saturated carbocycles. The van der Waals surface area contributed by atoms with Gasteiger partial charge in [0.1, 0.15) is 5.75 Å². The molecule has 0 bridgehead atoms. The number of amides is 1. The predicted octanol–water partition coefficient (Wildman–Crippen LogP) is 3.18. The Morgan fingerprint density at radius 3 is 2.39 bits per heavy atom. The van der Waals surface area contributed by atoms with Gasteiger partial charge in [-0.3, -0.25) is 4.79 Å². The van der Waals surface area contributed by atoms with Gasteiger partial charge >= 0.3 is 0 Å². The van der Waals surface area contributed by atoms with Crippen molar-refractivity contribution in [1.29, 1.82) is 0 Å². The number of nitrogens with zero attached hydrogens (tertiary/aromatic N) is 2. The van der Waals surface area contributed by atoms with Gasteiger partial charge in [0, 0.05) is 12.1 Å². The number of methoxy groups -OCH3 is 4. The van der Waals surface area contributed by atoms with Crippen molar-refractivity contribution in [3.8, 4) is 34.5 Å². The van der Waals surface area contributed by atoms with E-state index >= 15 is 0 Å². The SMILES string of the molecule is COc1cccc(CNC(=O)CSc2nnc(-c3cc(OC)c(OC)c(OC)c3)o2)c1. The Balaban J connectivity index is 1.60. The van der Waals surface area contributed by atoms with Gasteiger partial charge in [-0.25, -0.2) is 0 Å². The molecule has 0 atom stereocenters. The highest BCUT2D eigenvalue weighted by Gasteiger charge is 2.18. The van der Waals surface area contributed by atoms with E-state index in [1.165, 1.54) is 21.3 Å². The summed E-state index contributed by atoms with van der Waals surface area (Å²) in [5, 5.41) is 11.2. The Hall–Kier alpha value is -3.40. The average Bonchev–Trinajstić information content (AvgIpc) is 3.29. The summed E-state index contributed by atoms with van der Waals surface area (Å²) in [5.74, 6) is 2.42. The molecule has 1 N–H and O–H groups in total. The van der Waals surface area contributed by atoms with Gasteiger partial charge in [-0.05, 0) is 29.8 Å². The molecule has 1 aromatic heterocycles. The standard InChI is InChI=1S/C21H23N3O6S/c1-26-15-7-5-6-13(8-15)11-22-18(25)12-31-21-24-23-20(30-21)14-9-16(27-2)19(29-4)17(10-14)28-3/h5-10H,11-12H2,1-4H3,(H,22,25). The second-order valence-corrected chi connectivity index (χ2v) is 7.13. The highest BCUT2D eigenvalue weighted by Crippen LogP contribution is 2.41. The molecule has 0 saturated heterocycles. The Kier molecular flexibility index (Phi) is 7.60. The van der Waals surface area contributed by atoms with Crippen LogP contribution in [0.4, 0.5) is 0 Å². The third kappa shape index (κ3) is 5.60. The fraction of sp³-hybridized carbons (Fsp3) is 0.286. The molecule has 0 aliphatic rings. The van der Waals surface area contributed by atoms with Crippen LogP contribution in [0, 0.1) is 0 Å². The Morgan fingerprint density at radius 2 is 1.74 bits per heavy atom. The second-order valence-electron chi connectivity index (χ2n) is 6.20. The Labute approximate surface area is 184 Å². The lowest BCUT2D eigenvalue weighted by atomic mass is 10.2. The summed E-state index contributed by atoms with van der Waals surface area (Å²) in [6, 6.07) is 10.9. The number of thioether (sulfide) groups is 1. The molecule has 31 heavy (non-hydrogen) atoms. The summed E-state index contributed by atoms with van der Waals surface area (Å²) in [6.45, 7) is 0.400. The number of rotatable bonds is 10. The van der Waals surface area contributed by atoms with Gasteiger partial charge in [-0.15, -0.1) is 10.2 Å². The van der Waals surface area contributed by atoms with E-state index in [9.17, 15) is 4.79 Å². The molecule has 1 heterocycles. The minimum Gasteiger partial charge on any atom is -0.497 e. The monoisotopic (exact) mass is 445 g/mol. The minimum absolute atomic E-state index is 0.140. The van der Waals surface area contributed by atoms with Crippen molar-refractivity contribution in [2.45, 2.75) is 11.8 Å². The van der Waals surface area contributed by atoms with Gasteiger partial charge in [0.25, 0.3) is 5.22 Å². The average molecular weight is 445 g/mol. The van der Waals surface area contributed by atoms with Crippen LogP contribution in [-0.2, 0) is 11.3 Å². The smallest absolute Gasteiger partial charge is 0.277 e. The van der Waals surface area contributed by atoms with E-state index in [-0.39, 0.29) is 22.8 Å². The van der Waals surface area contributed by atoms with E-state index < -0.39 is 0 Å². The molecule has 0 aliphatic heterocycles. The van der Waals surface area contributed by atoms with Crippen molar-refractivity contribution in [1.82, 2.24) is 15.5 Å². The highest BCUT2D eigenvalue weighted by molar-refractivity contribution is 7.99. The number of nitrogens with one attached hydrogen (secondary N) is 1. The van der Waals surface area contributed by atoms with Gasteiger partial charge in [0.15, 0.2) is 11.5 Å². The van der Waals surface area contributed by atoms with Crippen LogP contribution < -0.4 is 24.3 Å². The van der Waals surface area contributed by atoms with Crippen molar-refractivity contribution < 1.29 is 28.2 Å². The van der Waals surface area contributed by atoms with Crippen molar-refractivity contribution in [2.24, 2.45) is 0 Å². The quantitative estimate of drug-likeness (QED) is 0.471. The van der Waals surface area contributed by atoms with E-state index in [1.54, 1.807) is 19.2 Å². The molecular weight excluding hydrogens is 422 g/mol. The molecule has 3 rings (SSSR count). The maximum Gasteiger partial charge on any atom is 0.277 e. The van der Waals surface area contributed by atoms with Crippen LogP contribution >= 0.6 is 11.8 Å². The zero-order valence-corrected chi connectivity index (χ0v) is 18.4. The molecule has 0 aliphatic carbocycles. The van der Waals surface area contributed by atoms with Crippen LogP contribution in [0.15, 0.2) is 46.0 Å². The third-order valence-corrected chi connectivity index (χ3v) is 5.09. The zero-order valence-electron chi connectivity index (χ0n) is 17.6. The van der Waals surface area contributed by atoms with E-state index in [1.807, 2.05) is 24.3 Å². The molecule has 0 unspecified atom stereocenters. The molecule has 2 aromatic carbocycles. The van der Waals surface area contributed by atoms with Gasteiger partial charge in [0.2, 0.25) is 17.5 Å². The van der Waals surface area contributed by atoms with Gasteiger partial charge in [-0.2, -0.15) is 0 Å². The molecule has 1 amide bonds. The number of benzene rings is 2. The maximum atomic E-state index is 12.2. The van der Waals surface area contributed by atoms with Crippen molar-refractivity contribution in [2.75, 3.05) is 34.2 Å². The third-order valence-electron chi connectivity index (χ3n) is 4.27. The summed E-state index contributed by atoms with van der Waals surface area (Å²) < 4.78 is 26.9. The summed E-state index contributed by atoms with van der Waals surface area (Å²) in [4.78, 5) is 12.2. The summed E-state index contributed by atoms with van der Waals surface area (Å²) in [7, 11) is 6.19. The van der Waals surface area contributed by atoms with Gasteiger partial charge in [-0.1, -0.05) is 23.9 Å². The number of aromatic nitrogens is 2. The lowest BCUT2D eigenvalue weighted by Crippen LogP contribution is -2.24. The number of ether oxygens (including phenoxy) is 4. The second kappa shape index (κ2) is 10.6. The van der Waals surface area contributed by atoms with E-state index in [0.717, 1.165) is 23.1 Å². The van der Waals surface area contributed by atoms with Crippen molar-refractivity contribution >= 4 is 17.7 Å². The summed E-state index contributed by atoms with van der Waals surface area (Å²) in [5.41, 5.74) is 1.55. The molecule has 9 nitrogen and oxygen atoms in total. The first-order valence-electron chi connectivity index (χ1n) is 9.24. The van der Waals surface area contributed by atoms with E-state index in [2.05, 4.69) is 15.5 Å². The Bertz CT molecular complexity index is 1010. The maximum absolute atomic E-state index is 12.2. The minimum atomic E-state index is -0.152. The van der Waals surface area contributed by atoms with Gasteiger partial charge in [0.05, 0.1) is 34.2 Å². The lowest BCUT2D eigenvalue weighted by Gasteiger charge is -2.12.